The summed E-state index contributed by atoms with van der Waals surface area (Å²) in [5.74, 6) is -0.00178. The average molecular weight is 242 g/mol. The molecule has 1 aliphatic rings. The van der Waals surface area contributed by atoms with E-state index in [2.05, 4.69) is 5.32 Å². The van der Waals surface area contributed by atoms with Crippen molar-refractivity contribution in [3.05, 3.63) is 23.8 Å². The van der Waals surface area contributed by atoms with E-state index in [-0.39, 0.29) is 18.0 Å². The van der Waals surface area contributed by atoms with E-state index in [0.29, 0.717) is 18.3 Å². The lowest BCUT2D eigenvalue weighted by Gasteiger charge is -2.39. The van der Waals surface area contributed by atoms with E-state index >= 15 is 0 Å². The van der Waals surface area contributed by atoms with Crippen molar-refractivity contribution in [1.82, 2.24) is 5.32 Å². The topological polar surface area (TPSA) is 49.4 Å². The van der Waals surface area contributed by atoms with E-state index in [0.717, 1.165) is 11.3 Å². The first-order valence-corrected chi connectivity index (χ1v) is 5.93. The Morgan fingerprint density at radius 1 is 1.56 bits per heavy atom. The van der Waals surface area contributed by atoms with Gasteiger partial charge in [-0.05, 0) is 25.0 Å². The second-order valence-corrected chi connectivity index (χ2v) is 4.63. The third kappa shape index (κ3) is 2.12. The van der Waals surface area contributed by atoms with E-state index in [9.17, 15) is 9.59 Å². The molecule has 1 heterocycles. The highest BCUT2D eigenvalue weighted by molar-refractivity contribution is 6.32. The van der Waals surface area contributed by atoms with Gasteiger partial charge in [0.05, 0.1) is 6.04 Å². The summed E-state index contributed by atoms with van der Waals surface area (Å²) in [6.07, 6.45) is 1.38. The number of carbonyl (C=O) groups is 2. The molecule has 0 saturated carbocycles. The van der Waals surface area contributed by atoms with Crippen LogP contribution in [0, 0.1) is 0 Å². The van der Waals surface area contributed by atoms with Gasteiger partial charge in [-0.1, -0.05) is 17.6 Å². The standard InChI is InChI=1S/C13H15BN2O2/c1-8-5-12(15-7-17)11-6-10(14)3-4-13(11)16(8)9(2)18/h3-4,6-8,12H,5H2,1-2H3,(H,15,17)/t8-,12+/m1/s1. The number of hydrogen-bond donors (Lipinski definition) is 1. The zero-order valence-corrected chi connectivity index (χ0v) is 10.5. The predicted molar refractivity (Wildman–Crippen MR) is 71.0 cm³/mol. The summed E-state index contributed by atoms with van der Waals surface area (Å²) in [4.78, 5) is 24.1. The minimum Gasteiger partial charge on any atom is -0.352 e. The Morgan fingerprint density at radius 2 is 2.28 bits per heavy atom. The lowest BCUT2D eigenvalue weighted by Crippen LogP contribution is -2.44. The molecule has 1 aromatic rings. The fourth-order valence-corrected chi connectivity index (χ4v) is 2.60. The van der Waals surface area contributed by atoms with Gasteiger partial charge >= 0.3 is 0 Å². The van der Waals surface area contributed by atoms with Gasteiger partial charge in [-0.2, -0.15) is 0 Å². The Morgan fingerprint density at radius 3 is 2.89 bits per heavy atom. The summed E-state index contributed by atoms with van der Waals surface area (Å²) in [7, 11) is 5.78. The minimum absolute atomic E-state index is 0.00178. The number of rotatable bonds is 2. The molecule has 0 aliphatic carbocycles. The van der Waals surface area contributed by atoms with Crippen LogP contribution in [0.4, 0.5) is 5.69 Å². The second kappa shape index (κ2) is 4.84. The normalized spacial score (nSPS) is 22.2. The first-order chi connectivity index (χ1) is 8.54. The molecule has 0 aromatic heterocycles. The van der Waals surface area contributed by atoms with Crippen LogP contribution in [0.25, 0.3) is 0 Å². The van der Waals surface area contributed by atoms with Crippen molar-refractivity contribution >= 4 is 31.3 Å². The lowest BCUT2D eigenvalue weighted by atomic mass is 9.86. The molecule has 18 heavy (non-hydrogen) atoms. The second-order valence-electron chi connectivity index (χ2n) is 4.63. The van der Waals surface area contributed by atoms with Gasteiger partial charge in [0.1, 0.15) is 7.85 Å². The molecule has 1 N–H and O–H groups in total. The first-order valence-electron chi connectivity index (χ1n) is 5.93. The molecule has 5 heteroatoms. The summed E-state index contributed by atoms with van der Waals surface area (Å²) < 4.78 is 0. The van der Waals surface area contributed by atoms with Crippen molar-refractivity contribution in [1.29, 1.82) is 0 Å². The van der Waals surface area contributed by atoms with Crippen molar-refractivity contribution in [3.63, 3.8) is 0 Å². The summed E-state index contributed by atoms with van der Waals surface area (Å²) in [6.45, 7) is 3.52. The highest BCUT2D eigenvalue weighted by Crippen LogP contribution is 2.36. The van der Waals surface area contributed by atoms with Gasteiger partial charge in [0.25, 0.3) is 0 Å². The highest BCUT2D eigenvalue weighted by atomic mass is 16.2. The number of benzene rings is 1. The lowest BCUT2D eigenvalue weighted by molar-refractivity contribution is -0.117. The number of carbonyl (C=O) groups excluding carboxylic acids is 2. The van der Waals surface area contributed by atoms with Crippen molar-refractivity contribution in [2.24, 2.45) is 0 Å². The zero-order chi connectivity index (χ0) is 13.3. The van der Waals surface area contributed by atoms with E-state index in [1.807, 2.05) is 19.1 Å². The van der Waals surface area contributed by atoms with Crippen LogP contribution in [-0.4, -0.2) is 26.2 Å². The van der Waals surface area contributed by atoms with Crippen LogP contribution in [0.5, 0.6) is 0 Å². The van der Waals surface area contributed by atoms with Crippen LogP contribution in [0.2, 0.25) is 0 Å². The molecule has 1 aromatic carbocycles. The minimum atomic E-state index is -0.0911. The summed E-state index contributed by atoms with van der Waals surface area (Å²) >= 11 is 0. The van der Waals surface area contributed by atoms with Crippen LogP contribution < -0.4 is 15.7 Å². The fourth-order valence-electron chi connectivity index (χ4n) is 2.60. The summed E-state index contributed by atoms with van der Waals surface area (Å²) in [5, 5.41) is 2.78. The number of fused-ring (bicyclic) bond motifs is 1. The fraction of sp³-hybridized carbons (Fsp3) is 0.385. The van der Waals surface area contributed by atoms with Gasteiger partial charge in [-0.3, -0.25) is 9.59 Å². The quantitative estimate of drug-likeness (QED) is 0.603. The molecular formula is C13H15BN2O2. The summed E-state index contributed by atoms with van der Waals surface area (Å²) in [6, 6.07) is 5.38. The Labute approximate surface area is 108 Å². The van der Waals surface area contributed by atoms with Gasteiger partial charge in [-0.25, -0.2) is 0 Å². The molecule has 0 bridgehead atoms. The van der Waals surface area contributed by atoms with Gasteiger partial charge in [0.15, 0.2) is 0 Å². The molecule has 2 amide bonds. The van der Waals surface area contributed by atoms with Crippen molar-refractivity contribution in [2.45, 2.75) is 32.4 Å². The smallest absolute Gasteiger partial charge is 0.224 e. The zero-order valence-electron chi connectivity index (χ0n) is 10.5. The third-order valence-electron chi connectivity index (χ3n) is 3.31. The number of nitrogens with zero attached hydrogens (tertiary/aromatic N) is 1. The van der Waals surface area contributed by atoms with Crippen LogP contribution in [0.1, 0.15) is 31.9 Å². The summed E-state index contributed by atoms with van der Waals surface area (Å²) in [5.41, 5.74) is 2.36. The number of nitrogens with one attached hydrogen (secondary N) is 1. The van der Waals surface area contributed by atoms with E-state index in [1.165, 1.54) is 0 Å². The molecule has 2 rings (SSSR count). The number of anilines is 1. The van der Waals surface area contributed by atoms with E-state index < -0.39 is 0 Å². The van der Waals surface area contributed by atoms with Gasteiger partial charge in [0.2, 0.25) is 12.3 Å². The molecule has 2 atom stereocenters. The molecule has 0 spiro atoms. The van der Waals surface area contributed by atoms with Gasteiger partial charge in [-0.15, -0.1) is 0 Å². The Hall–Kier alpha value is -1.78. The molecular weight excluding hydrogens is 227 g/mol. The number of amides is 2. The van der Waals surface area contributed by atoms with Crippen LogP contribution in [0.3, 0.4) is 0 Å². The maximum Gasteiger partial charge on any atom is 0.224 e. The Balaban J connectivity index is 2.51. The van der Waals surface area contributed by atoms with Crippen molar-refractivity contribution < 1.29 is 9.59 Å². The maximum atomic E-state index is 11.7. The van der Waals surface area contributed by atoms with Gasteiger partial charge in [0, 0.05) is 18.7 Å². The van der Waals surface area contributed by atoms with Crippen LogP contribution in [0.15, 0.2) is 18.2 Å². The average Bonchev–Trinajstić information content (AvgIpc) is 2.29. The van der Waals surface area contributed by atoms with Gasteiger partial charge < -0.3 is 10.2 Å². The maximum absolute atomic E-state index is 11.7. The molecule has 2 radical (unpaired) electrons. The van der Waals surface area contributed by atoms with E-state index in [4.69, 9.17) is 7.85 Å². The largest absolute Gasteiger partial charge is 0.352 e. The molecule has 92 valence electrons. The first kappa shape index (κ1) is 12.7. The van der Waals surface area contributed by atoms with Crippen molar-refractivity contribution in [2.75, 3.05) is 4.90 Å². The third-order valence-corrected chi connectivity index (χ3v) is 3.31. The van der Waals surface area contributed by atoms with Crippen LogP contribution in [-0.2, 0) is 9.59 Å². The SMILES string of the molecule is [B]c1ccc2c(c1)[C@@H](NC=O)C[C@@H](C)N2C(C)=O. The molecule has 0 saturated heterocycles. The molecule has 4 nitrogen and oxygen atoms in total. The molecule has 0 unspecified atom stereocenters. The predicted octanol–water partition coefficient (Wildman–Crippen LogP) is 0.413. The Bertz CT molecular complexity index is 490. The number of hydrogen-bond acceptors (Lipinski definition) is 2. The van der Waals surface area contributed by atoms with Crippen molar-refractivity contribution in [3.8, 4) is 0 Å². The molecule has 1 aliphatic heterocycles. The monoisotopic (exact) mass is 242 g/mol. The highest BCUT2D eigenvalue weighted by Gasteiger charge is 2.31. The van der Waals surface area contributed by atoms with E-state index in [1.54, 1.807) is 17.9 Å². The molecule has 0 fully saturated rings. The van der Waals surface area contributed by atoms with Crippen LogP contribution >= 0.6 is 0 Å². The Kier molecular flexibility index (Phi) is 3.41.